The lowest BCUT2D eigenvalue weighted by Gasteiger charge is -2.26. The van der Waals surface area contributed by atoms with Crippen LogP contribution in [0.2, 0.25) is 0 Å². The molecule has 1 fully saturated rings. The maximum Gasteiger partial charge on any atom is 0.229 e. The van der Waals surface area contributed by atoms with Crippen LogP contribution in [-0.2, 0) is 29.5 Å². The van der Waals surface area contributed by atoms with Crippen molar-refractivity contribution in [2.24, 2.45) is 0 Å². The van der Waals surface area contributed by atoms with E-state index >= 15 is 0 Å². The van der Waals surface area contributed by atoms with Crippen molar-refractivity contribution in [2.45, 2.75) is 45.3 Å². The fourth-order valence-electron chi connectivity index (χ4n) is 5.04. The Morgan fingerprint density at radius 3 is 2.82 bits per heavy atom. The zero-order chi connectivity index (χ0) is 24.0. The fourth-order valence-corrected chi connectivity index (χ4v) is 6.21. The lowest BCUT2D eigenvalue weighted by molar-refractivity contribution is 0.312. The van der Waals surface area contributed by atoms with Crippen LogP contribution in [0, 0.1) is 6.92 Å². The SMILES string of the molecule is COc1cc2c(cc1Nc1ncc3c(C)nn(C[C@H]4CCCN4S(C)(=O)=O)c3n1)CN(C)CC2. The molecule has 1 aromatic carbocycles. The summed E-state index contributed by atoms with van der Waals surface area (Å²) in [4.78, 5) is 11.6. The van der Waals surface area contributed by atoms with Crippen LogP contribution in [-0.4, -0.2) is 76.9 Å². The van der Waals surface area contributed by atoms with Crippen LogP contribution in [0.15, 0.2) is 18.3 Å². The zero-order valence-corrected chi connectivity index (χ0v) is 20.9. The van der Waals surface area contributed by atoms with E-state index in [-0.39, 0.29) is 6.04 Å². The van der Waals surface area contributed by atoms with E-state index in [0.717, 1.165) is 54.9 Å². The molecule has 0 unspecified atom stereocenters. The number of fused-ring (bicyclic) bond motifs is 2. The van der Waals surface area contributed by atoms with Gasteiger partial charge in [-0.3, -0.25) is 0 Å². The second kappa shape index (κ2) is 8.79. The van der Waals surface area contributed by atoms with E-state index in [1.807, 2.05) is 11.6 Å². The van der Waals surface area contributed by atoms with Crippen LogP contribution in [0.25, 0.3) is 11.0 Å². The quantitative estimate of drug-likeness (QED) is 0.567. The van der Waals surface area contributed by atoms with Crippen molar-refractivity contribution in [3.63, 3.8) is 0 Å². The summed E-state index contributed by atoms with van der Waals surface area (Å²) in [5.41, 5.74) is 4.89. The lowest BCUT2D eigenvalue weighted by atomic mass is 9.99. The van der Waals surface area contributed by atoms with Gasteiger partial charge in [0.15, 0.2) is 5.65 Å². The molecule has 2 aliphatic rings. The van der Waals surface area contributed by atoms with Gasteiger partial charge in [-0.15, -0.1) is 0 Å². The molecule has 4 heterocycles. The molecule has 0 bridgehead atoms. The van der Waals surface area contributed by atoms with Gasteiger partial charge in [-0.1, -0.05) is 0 Å². The van der Waals surface area contributed by atoms with Crippen LogP contribution in [0.4, 0.5) is 11.6 Å². The number of aryl methyl sites for hydroxylation is 1. The average molecular weight is 486 g/mol. The molecular weight excluding hydrogens is 454 g/mol. The summed E-state index contributed by atoms with van der Waals surface area (Å²) in [5.74, 6) is 1.20. The van der Waals surface area contributed by atoms with E-state index in [1.165, 1.54) is 17.4 Å². The summed E-state index contributed by atoms with van der Waals surface area (Å²) in [6.07, 6.45) is 5.70. The number of hydrogen-bond acceptors (Lipinski definition) is 8. The van der Waals surface area contributed by atoms with Gasteiger partial charge in [0.25, 0.3) is 0 Å². The molecular formula is C23H31N7O3S. The molecule has 3 aromatic rings. The first kappa shape index (κ1) is 23.0. The van der Waals surface area contributed by atoms with Gasteiger partial charge < -0.3 is 15.0 Å². The Hall–Kier alpha value is -2.76. The summed E-state index contributed by atoms with van der Waals surface area (Å²) in [7, 11) is 0.531. The molecule has 1 atom stereocenters. The van der Waals surface area contributed by atoms with Crippen molar-refractivity contribution in [1.29, 1.82) is 0 Å². The van der Waals surface area contributed by atoms with Gasteiger partial charge in [-0.25, -0.2) is 18.1 Å². The number of methoxy groups -OCH3 is 1. The number of likely N-dealkylation sites (N-methyl/N-ethyl adjacent to an activating group) is 1. The van der Waals surface area contributed by atoms with Crippen molar-refractivity contribution in [3.8, 4) is 5.75 Å². The minimum Gasteiger partial charge on any atom is -0.495 e. The third kappa shape index (κ3) is 4.35. The average Bonchev–Trinajstić information content (AvgIpc) is 3.38. The molecule has 10 nitrogen and oxygen atoms in total. The number of benzene rings is 1. The first-order valence-corrected chi connectivity index (χ1v) is 13.4. The normalized spacial score (nSPS) is 19.5. The summed E-state index contributed by atoms with van der Waals surface area (Å²) in [5, 5.41) is 8.84. The predicted octanol–water partition coefficient (Wildman–Crippen LogP) is 2.30. The highest BCUT2D eigenvalue weighted by molar-refractivity contribution is 7.88. The maximum atomic E-state index is 12.2. The molecule has 0 aliphatic carbocycles. The number of rotatable bonds is 6. The monoisotopic (exact) mass is 485 g/mol. The minimum absolute atomic E-state index is 0.124. The van der Waals surface area contributed by atoms with Crippen LogP contribution < -0.4 is 10.1 Å². The van der Waals surface area contributed by atoms with E-state index in [2.05, 4.69) is 39.5 Å². The molecule has 0 radical (unpaired) electrons. The number of nitrogens with one attached hydrogen (secondary N) is 1. The highest BCUT2D eigenvalue weighted by Crippen LogP contribution is 2.33. The highest BCUT2D eigenvalue weighted by Gasteiger charge is 2.32. The summed E-state index contributed by atoms with van der Waals surface area (Å²) in [6.45, 7) is 4.85. The first-order chi connectivity index (χ1) is 16.2. The van der Waals surface area contributed by atoms with Crippen LogP contribution >= 0.6 is 0 Å². The second-order valence-corrected chi connectivity index (χ2v) is 11.2. The van der Waals surface area contributed by atoms with Gasteiger partial charge in [0, 0.05) is 31.9 Å². The lowest BCUT2D eigenvalue weighted by Crippen LogP contribution is -2.37. The second-order valence-electron chi connectivity index (χ2n) is 9.30. The molecule has 0 amide bonds. The molecule has 0 spiro atoms. The molecule has 11 heteroatoms. The first-order valence-electron chi connectivity index (χ1n) is 11.6. The largest absolute Gasteiger partial charge is 0.495 e. The van der Waals surface area contributed by atoms with Gasteiger partial charge in [0.1, 0.15) is 5.75 Å². The van der Waals surface area contributed by atoms with Crippen molar-refractivity contribution in [2.75, 3.05) is 38.8 Å². The van der Waals surface area contributed by atoms with Gasteiger partial charge in [-0.2, -0.15) is 14.4 Å². The van der Waals surface area contributed by atoms with E-state index in [4.69, 9.17) is 9.72 Å². The molecule has 2 aromatic heterocycles. The van der Waals surface area contributed by atoms with Gasteiger partial charge in [-0.05, 0) is 56.5 Å². The Labute approximate surface area is 200 Å². The molecule has 0 saturated carbocycles. The predicted molar refractivity (Wildman–Crippen MR) is 131 cm³/mol. The fraction of sp³-hybridized carbons (Fsp3) is 0.522. The molecule has 182 valence electrons. The molecule has 1 saturated heterocycles. The third-order valence-electron chi connectivity index (χ3n) is 6.78. The Morgan fingerprint density at radius 2 is 2.06 bits per heavy atom. The van der Waals surface area contributed by atoms with Crippen molar-refractivity contribution in [1.82, 2.24) is 29.0 Å². The summed E-state index contributed by atoms with van der Waals surface area (Å²) < 4.78 is 33.4. The Bertz CT molecular complexity index is 1340. The molecule has 5 rings (SSSR count). The van der Waals surface area contributed by atoms with Gasteiger partial charge in [0.05, 0.1) is 36.7 Å². The Morgan fingerprint density at radius 1 is 1.24 bits per heavy atom. The van der Waals surface area contributed by atoms with Crippen molar-refractivity contribution >= 4 is 32.7 Å². The topological polar surface area (TPSA) is 105 Å². The van der Waals surface area contributed by atoms with Crippen molar-refractivity contribution < 1.29 is 13.2 Å². The smallest absolute Gasteiger partial charge is 0.229 e. The third-order valence-corrected chi connectivity index (χ3v) is 8.11. The van der Waals surface area contributed by atoms with Crippen LogP contribution in [0.5, 0.6) is 5.75 Å². The molecule has 2 aliphatic heterocycles. The molecule has 1 N–H and O–H groups in total. The number of sulfonamides is 1. The van der Waals surface area contributed by atoms with Crippen LogP contribution in [0.1, 0.15) is 29.7 Å². The molecule has 34 heavy (non-hydrogen) atoms. The van der Waals surface area contributed by atoms with Crippen molar-refractivity contribution in [3.05, 3.63) is 35.2 Å². The maximum absolute atomic E-state index is 12.2. The minimum atomic E-state index is -3.26. The number of ether oxygens (including phenoxy) is 1. The zero-order valence-electron chi connectivity index (χ0n) is 20.1. The van der Waals surface area contributed by atoms with E-state index in [1.54, 1.807) is 17.6 Å². The van der Waals surface area contributed by atoms with E-state index < -0.39 is 10.0 Å². The van der Waals surface area contributed by atoms with E-state index in [0.29, 0.717) is 24.7 Å². The van der Waals surface area contributed by atoms with E-state index in [9.17, 15) is 8.42 Å². The van der Waals surface area contributed by atoms with Gasteiger partial charge >= 0.3 is 0 Å². The number of nitrogens with zero attached hydrogens (tertiary/aromatic N) is 6. The number of hydrogen-bond donors (Lipinski definition) is 1. The summed E-state index contributed by atoms with van der Waals surface area (Å²) in [6, 6.07) is 4.08. The number of anilines is 2. The summed E-state index contributed by atoms with van der Waals surface area (Å²) >= 11 is 0. The number of aromatic nitrogens is 4. The Balaban J connectivity index is 1.46. The van der Waals surface area contributed by atoms with Crippen LogP contribution in [0.3, 0.4) is 0 Å². The highest BCUT2D eigenvalue weighted by atomic mass is 32.2. The Kier molecular flexibility index (Phi) is 5.95. The van der Waals surface area contributed by atoms with Gasteiger partial charge in [0.2, 0.25) is 16.0 Å². The standard InChI is InChI=1S/C23H31N7O3S/c1-15-19-12-24-23(25-20-10-17-13-28(2)9-7-16(17)11-21(20)33-3)26-22(19)29(27-15)14-18-6-5-8-30(18)34(4,31)32/h10-12,18H,5-9,13-14H2,1-4H3,(H,24,25,26)/t18-/m1/s1.